The highest BCUT2D eigenvalue weighted by Crippen LogP contribution is 2.24. The zero-order chi connectivity index (χ0) is 19.5. The van der Waals surface area contributed by atoms with E-state index in [1.54, 1.807) is 16.3 Å². The highest BCUT2D eigenvalue weighted by molar-refractivity contribution is 7.98. The van der Waals surface area contributed by atoms with Gasteiger partial charge in [0.25, 0.3) is 11.7 Å². The number of thioether (sulfide) groups is 1. The van der Waals surface area contributed by atoms with Gasteiger partial charge in [-0.15, -0.1) is 5.10 Å². The predicted octanol–water partition coefficient (Wildman–Crippen LogP) is 4.05. The van der Waals surface area contributed by atoms with E-state index >= 15 is 0 Å². The number of carbonyl (C=O) groups is 1. The lowest BCUT2D eigenvalue weighted by Gasteiger charge is -2.21. The molecule has 0 saturated carbocycles. The molecule has 0 atom stereocenters. The molecule has 1 aliphatic heterocycles. The number of likely N-dealkylation sites (tertiary alicyclic amines) is 1. The maximum absolute atomic E-state index is 13.1. The number of rotatable bonds is 4. The van der Waals surface area contributed by atoms with Crippen molar-refractivity contribution in [3.63, 3.8) is 0 Å². The van der Waals surface area contributed by atoms with Gasteiger partial charge >= 0.3 is 0 Å². The minimum atomic E-state index is 0.147. The smallest absolute Gasteiger partial charge is 0.254 e. The van der Waals surface area contributed by atoms with Crippen LogP contribution in [0.15, 0.2) is 35.5 Å². The number of amides is 1. The van der Waals surface area contributed by atoms with E-state index in [1.165, 1.54) is 12.8 Å². The van der Waals surface area contributed by atoms with E-state index in [1.807, 2.05) is 49.1 Å². The van der Waals surface area contributed by atoms with Crippen molar-refractivity contribution in [3.8, 4) is 0 Å². The minimum absolute atomic E-state index is 0.147. The molecule has 0 bridgehead atoms. The monoisotopic (exact) mass is 395 g/mol. The summed E-state index contributed by atoms with van der Waals surface area (Å²) in [6.45, 7) is 5.68. The molecule has 3 heterocycles. The largest absolute Gasteiger partial charge is 0.339 e. The van der Waals surface area contributed by atoms with Crippen LogP contribution >= 0.6 is 11.8 Å². The number of aromatic nitrogens is 4. The molecule has 0 spiro atoms. The summed E-state index contributed by atoms with van der Waals surface area (Å²) in [6.07, 6.45) is 4.63. The van der Waals surface area contributed by atoms with Gasteiger partial charge in [0.05, 0.1) is 0 Å². The lowest BCUT2D eigenvalue weighted by molar-refractivity contribution is 0.0761. The number of nitrogens with zero attached hydrogens (tertiary/aromatic N) is 5. The van der Waals surface area contributed by atoms with Gasteiger partial charge in [-0.3, -0.25) is 4.79 Å². The minimum Gasteiger partial charge on any atom is -0.339 e. The predicted molar refractivity (Wildman–Crippen MR) is 111 cm³/mol. The molecule has 1 aromatic carbocycles. The summed E-state index contributed by atoms with van der Waals surface area (Å²) in [4.78, 5) is 24.1. The second-order valence-electron chi connectivity index (χ2n) is 7.30. The van der Waals surface area contributed by atoms with Crippen molar-refractivity contribution in [1.29, 1.82) is 0 Å². The van der Waals surface area contributed by atoms with Crippen LogP contribution in [0, 0.1) is 13.8 Å². The Hall–Kier alpha value is -2.41. The van der Waals surface area contributed by atoms with Crippen LogP contribution in [0.25, 0.3) is 5.78 Å². The lowest BCUT2D eigenvalue weighted by atomic mass is 10.1. The lowest BCUT2D eigenvalue weighted by Crippen LogP contribution is -2.32. The molecule has 1 saturated heterocycles. The SMILES string of the molecule is Cc1cc(C)n2nc(SCc3ccccc3C(=O)N3CCCCCC3)nc2n1. The Kier molecular flexibility index (Phi) is 5.62. The molecule has 7 heteroatoms. The molecule has 1 amide bonds. The molecule has 3 aromatic rings. The third-order valence-corrected chi connectivity index (χ3v) is 5.98. The van der Waals surface area contributed by atoms with E-state index in [0.29, 0.717) is 16.7 Å². The van der Waals surface area contributed by atoms with E-state index in [0.717, 1.165) is 48.4 Å². The number of fused-ring (bicyclic) bond motifs is 1. The molecule has 2 aromatic heterocycles. The standard InChI is InChI=1S/C21H25N5OS/c1-15-13-16(2)26-20(22-15)23-21(24-26)28-14-17-9-5-6-10-18(17)19(27)25-11-7-3-4-8-12-25/h5-6,9-10,13H,3-4,7-8,11-12,14H2,1-2H3. The van der Waals surface area contributed by atoms with Gasteiger partial charge in [0.1, 0.15) is 0 Å². The third-order valence-electron chi connectivity index (χ3n) is 5.10. The summed E-state index contributed by atoms with van der Waals surface area (Å²) in [5, 5.41) is 5.23. The van der Waals surface area contributed by atoms with Gasteiger partial charge in [-0.1, -0.05) is 42.8 Å². The van der Waals surface area contributed by atoms with Gasteiger partial charge in [-0.05, 0) is 44.4 Å². The fourth-order valence-corrected chi connectivity index (χ4v) is 4.47. The number of hydrogen-bond acceptors (Lipinski definition) is 5. The highest BCUT2D eigenvalue weighted by atomic mass is 32.2. The van der Waals surface area contributed by atoms with Gasteiger partial charge in [0.15, 0.2) is 0 Å². The van der Waals surface area contributed by atoms with Crippen LogP contribution in [0.5, 0.6) is 0 Å². The van der Waals surface area contributed by atoms with Crippen LogP contribution in [0.2, 0.25) is 0 Å². The molecular weight excluding hydrogens is 370 g/mol. The molecule has 28 heavy (non-hydrogen) atoms. The van der Waals surface area contributed by atoms with E-state index in [4.69, 9.17) is 0 Å². The summed E-state index contributed by atoms with van der Waals surface area (Å²) in [6, 6.07) is 9.89. The summed E-state index contributed by atoms with van der Waals surface area (Å²) in [5.41, 5.74) is 3.77. The van der Waals surface area contributed by atoms with Crippen molar-refractivity contribution in [2.75, 3.05) is 13.1 Å². The number of aryl methyl sites for hydroxylation is 2. The normalized spacial score (nSPS) is 15.0. The zero-order valence-electron chi connectivity index (χ0n) is 16.4. The first-order chi connectivity index (χ1) is 13.6. The number of carbonyl (C=O) groups excluding carboxylic acids is 1. The molecule has 146 valence electrons. The van der Waals surface area contributed by atoms with E-state index < -0.39 is 0 Å². The van der Waals surface area contributed by atoms with Gasteiger partial charge in [-0.25, -0.2) is 9.50 Å². The fraction of sp³-hybridized carbons (Fsp3) is 0.429. The summed E-state index contributed by atoms with van der Waals surface area (Å²) in [7, 11) is 0. The summed E-state index contributed by atoms with van der Waals surface area (Å²) < 4.78 is 1.77. The molecule has 0 radical (unpaired) electrons. The Morgan fingerprint density at radius 2 is 1.82 bits per heavy atom. The van der Waals surface area contributed by atoms with Crippen molar-refractivity contribution >= 4 is 23.4 Å². The Morgan fingerprint density at radius 1 is 1.07 bits per heavy atom. The Balaban J connectivity index is 1.52. The van der Waals surface area contributed by atoms with Gasteiger partial charge in [0, 0.05) is 35.8 Å². The Labute approximate surface area is 169 Å². The molecule has 0 aliphatic carbocycles. The second-order valence-corrected chi connectivity index (χ2v) is 8.24. The first-order valence-electron chi connectivity index (χ1n) is 9.83. The number of hydrogen-bond donors (Lipinski definition) is 0. The molecule has 1 fully saturated rings. The molecule has 0 unspecified atom stereocenters. The average Bonchev–Trinajstić information content (AvgIpc) is 2.91. The van der Waals surface area contributed by atoms with E-state index in [-0.39, 0.29) is 5.91 Å². The number of benzene rings is 1. The highest BCUT2D eigenvalue weighted by Gasteiger charge is 2.20. The molecule has 4 rings (SSSR count). The van der Waals surface area contributed by atoms with E-state index in [9.17, 15) is 4.79 Å². The van der Waals surface area contributed by atoms with Crippen LogP contribution in [-0.4, -0.2) is 43.5 Å². The Bertz CT molecular complexity index is 992. The summed E-state index contributed by atoms with van der Waals surface area (Å²) in [5.74, 6) is 1.42. The topological polar surface area (TPSA) is 63.4 Å². The van der Waals surface area contributed by atoms with Gasteiger partial charge in [-0.2, -0.15) is 4.98 Å². The van der Waals surface area contributed by atoms with Crippen LogP contribution in [0.4, 0.5) is 0 Å². The van der Waals surface area contributed by atoms with Crippen LogP contribution in [0.1, 0.15) is 53.0 Å². The van der Waals surface area contributed by atoms with Crippen LogP contribution in [0.3, 0.4) is 0 Å². The first kappa shape index (κ1) is 18.9. The quantitative estimate of drug-likeness (QED) is 0.624. The van der Waals surface area contributed by atoms with Crippen molar-refractivity contribution in [2.24, 2.45) is 0 Å². The van der Waals surface area contributed by atoms with Gasteiger partial charge < -0.3 is 4.90 Å². The average molecular weight is 396 g/mol. The maximum Gasteiger partial charge on any atom is 0.254 e. The molecule has 1 aliphatic rings. The van der Waals surface area contributed by atoms with Crippen molar-refractivity contribution in [3.05, 3.63) is 52.8 Å². The van der Waals surface area contributed by atoms with Crippen molar-refractivity contribution in [2.45, 2.75) is 50.4 Å². The van der Waals surface area contributed by atoms with Crippen LogP contribution in [-0.2, 0) is 5.75 Å². The molecule has 6 nitrogen and oxygen atoms in total. The van der Waals surface area contributed by atoms with Gasteiger partial charge in [0.2, 0.25) is 5.16 Å². The zero-order valence-corrected chi connectivity index (χ0v) is 17.2. The van der Waals surface area contributed by atoms with Crippen molar-refractivity contribution in [1.82, 2.24) is 24.5 Å². The Morgan fingerprint density at radius 3 is 2.61 bits per heavy atom. The van der Waals surface area contributed by atoms with E-state index in [2.05, 4.69) is 15.1 Å². The summed E-state index contributed by atoms with van der Waals surface area (Å²) >= 11 is 1.54. The maximum atomic E-state index is 13.1. The molecule has 0 N–H and O–H groups in total. The first-order valence-corrected chi connectivity index (χ1v) is 10.8. The van der Waals surface area contributed by atoms with Crippen LogP contribution < -0.4 is 0 Å². The second kappa shape index (κ2) is 8.31. The molecular formula is C21H25N5OS. The van der Waals surface area contributed by atoms with Crippen molar-refractivity contribution < 1.29 is 4.79 Å². The third kappa shape index (κ3) is 4.04. The fourth-order valence-electron chi connectivity index (χ4n) is 3.65.